The Bertz CT molecular complexity index is 593. The van der Waals surface area contributed by atoms with Gasteiger partial charge in [-0.1, -0.05) is 33.3 Å². The number of rotatable bonds is 6. The number of benzene rings is 1. The summed E-state index contributed by atoms with van der Waals surface area (Å²) in [6.07, 6.45) is 4.87. The summed E-state index contributed by atoms with van der Waals surface area (Å²) in [4.78, 5) is 0. The fourth-order valence-electron chi connectivity index (χ4n) is 2.16. The Morgan fingerprint density at radius 2 is 2.20 bits per heavy atom. The highest BCUT2D eigenvalue weighted by atomic mass is 79.9. The van der Waals surface area contributed by atoms with Gasteiger partial charge in [0, 0.05) is 22.5 Å². The molecule has 1 aliphatic carbocycles. The van der Waals surface area contributed by atoms with Gasteiger partial charge in [0.05, 0.1) is 0 Å². The van der Waals surface area contributed by atoms with Crippen molar-refractivity contribution in [1.29, 1.82) is 0 Å². The van der Waals surface area contributed by atoms with E-state index in [1.54, 1.807) is 11.3 Å². The number of nitrogens with zero attached hydrogens (tertiary/aromatic N) is 2. The molecule has 3 rings (SSSR count). The number of halogens is 1. The Morgan fingerprint density at radius 3 is 2.95 bits per heavy atom. The van der Waals surface area contributed by atoms with Crippen LogP contribution in [0.4, 0.5) is 0 Å². The van der Waals surface area contributed by atoms with E-state index < -0.39 is 0 Å². The van der Waals surface area contributed by atoms with Crippen LogP contribution in [0.2, 0.25) is 0 Å². The zero-order chi connectivity index (χ0) is 13.9. The van der Waals surface area contributed by atoms with E-state index in [0.29, 0.717) is 0 Å². The van der Waals surface area contributed by atoms with Crippen LogP contribution in [-0.4, -0.2) is 22.8 Å². The topological polar surface area (TPSA) is 37.8 Å². The van der Waals surface area contributed by atoms with Gasteiger partial charge in [0.2, 0.25) is 0 Å². The van der Waals surface area contributed by atoms with Crippen molar-refractivity contribution in [2.24, 2.45) is 0 Å². The van der Waals surface area contributed by atoms with Gasteiger partial charge in [0.15, 0.2) is 0 Å². The average Bonchev–Trinajstić information content (AvgIpc) is 3.13. The molecule has 0 bridgehead atoms. The van der Waals surface area contributed by atoms with E-state index in [1.165, 1.54) is 24.0 Å². The van der Waals surface area contributed by atoms with Gasteiger partial charge in [-0.25, -0.2) is 0 Å². The molecule has 0 atom stereocenters. The van der Waals surface area contributed by atoms with Gasteiger partial charge < -0.3 is 5.32 Å². The summed E-state index contributed by atoms with van der Waals surface area (Å²) in [5.41, 5.74) is 2.42. The first-order valence-corrected chi connectivity index (χ1v) is 8.65. The van der Waals surface area contributed by atoms with Gasteiger partial charge in [-0.15, -0.1) is 10.2 Å². The molecule has 0 unspecified atom stereocenters. The lowest BCUT2D eigenvalue weighted by atomic mass is 10.1. The standard InChI is InChI=1S/C15H18BrN3S/c1-10-9-11(16)4-7-13(10)15-19-18-14(20-15)3-2-8-17-12-5-6-12/h4,7,9,12,17H,2-3,5-6,8H2,1H3. The van der Waals surface area contributed by atoms with Crippen molar-refractivity contribution in [2.75, 3.05) is 6.54 Å². The minimum absolute atomic E-state index is 0.797. The second-order valence-corrected chi connectivity index (χ2v) is 7.27. The molecule has 1 heterocycles. The molecule has 1 N–H and O–H groups in total. The Kier molecular flexibility index (Phi) is 4.48. The maximum atomic E-state index is 4.34. The summed E-state index contributed by atoms with van der Waals surface area (Å²) in [6, 6.07) is 7.09. The molecule has 20 heavy (non-hydrogen) atoms. The second-order valence-electron chi connectivity index (χ2n) is 5.29. The van der Waals surface area contributed by atoms with Crippen molar-refractivity contribution in [2.45, 2.75) is 38.6 Å². The minimum atomic E-state index is 0.797. The van der Waals surface area contributed by atoms with Crippen molar-refractivity contribution in [1.82, 2.24) is 15.5 Å². The zero-order valence-corrected chi connectivity index (χ0v) is 13.9. The quantitative estimate of drug-likeness (QED) is 0.800. The fraction of sp³-hybridized carbons (Fsp3) is 0.467. The van der Waals surface area contributed by atoms with Crippen molar-refractivity contribution >= 4 is 27.3 Å². The predicted molar refractivity (Wildman–Crippen MR) is 87.1 cm³/mol. The minimum Gasteiger partial charge on any atom is -0.314 e. The third kappa shape index (κ3) is 3.65. The first kappa shape index (κ1) is 14.2. The van der Waals surface area contributed by atoms with Gasteiger partial charge in [-0.05, 0) is 50.4 Å². The van der Waals surface area contributed by atoms with E-state index in [0.717, 1.165) is 39.9 Å². The number of hydrogen-bond donors (Lipinski definition) is 1. The van der Waals surface area contributed by atoms with Crippen LogP contribution in [0.3, 0.4) is 0 Å². The highest BCUT2D eigenvalue weighted by Crippen LogP contribution is 2.29. The van der Waals surface area contributed by atoms with Crippen LogP contribution in [-0.2, 0) is 6.42 Å². The lowest BCUT2D eigenvalue weighted by molar-refractivity contribution is 0.643. The molecule has 5 heteroatoms. The molecule has 0 saturated heterocycles. The largest absolute Gasteiger partial charge is 0.314 e. The number of nitrogens with one attached hydrogen (secondary N) is 1. The Labute approximate surface area is 132 Å². The van der Waals surface area contributed by atoms with Crippen LogP contribution >= 0.6 is 27.3 Å². The summed E-state index contributed by atoms with van der Waals surface area (Å²) in [7, 11) is 0. The molecular weight excluding hydrogens is 334 g/mol. The molecule has 1 fully saturated rings. The van der Waals surface area contributed by atoms with Crippen molar-refractivity contribution < 1.29 is 0 Å². The molecule has 0 radical (unpaired) electrons. The Hall–Kier alpha value is -0.780. The molecular formula is C15H18BrN3S. The third-order valence-electron chi connectivity index (χ3n) is 3.46. The maximum absolute atomic E-state index is 4.34. The van der Waals surface area contributed by atoms with Crippen LogP contribution in [0.15, 0.2) is 22.7 Å². The summed E-state index contributed by atoms with van der Waals surface area (Å²) >= 11 is 5.21. The van der Waals surface area contributed by atoms with Gasteiger partial charge >= 0.3 is 0 Å². The molecule has 3 nitrogen and oxygen atoms in total. The van der Waals surface area contributed by atoms with E-state index in [2.05, 4.69) is 56.6 Å². The Morgan fingerprint density at radius 1 is 1.35 bits per heavy atom. The number of hydrogen-bond acceptors (Lipinski definition) is 4. The molecule has 1 aromatic carbocycles. The van der Waals surface area contributed by atoms with E-state index in [-0.39, 0.29) is 0 Å². The number of aryl methyl sites for hydroxylation is 2. The van der Waals surface area contributed by atoms with Gasteiger partial charge in [0.1, 0.15) is 10.0 Å². The third-order valence-corrected chi connectivity index (χ3v) is 4.97. The van der Waals surface area contributed by atoms with Crippen molar-refractivity contribution in [3.63, 3.8) is 0 Å². The molecule has 106 valence electrons. The number of aromatic nitrogens is 2. The second kappa shape index (κ2) is 6.33. The normalized spacial score (nSPS) is 14.7. The molecule has 0 amide bonds. The molecule has 1 aromatic heterocycles. The predicted octanol–water partition coefficient (Wildman–Crippen LogP) is 3.96. The van der Waals surface area contributed by atoms with E-state index in [9.17, 15) is 0 Å². The monoisotopic (exact) mass is 351 g/mol. The maximum Gasteiger partial charge on any atom is 0.148 e. The van der Waals surface area contributed by atoms with E-state index >= 15 is 0 Å². The van der Waals surface area contributed by atoms with Gasteiger partial charge in [-0.3, -0.25) is 0 Å². The van der Waals surface area contributed by atoms with Crippen LogP contribution in [0, 0.1) is 6.92 Å². The van der Waals surface area contributed by atoms with Crippen LogP contribution < -0.4 is 5.32 Å². The molecule has 0 spiro atoms. The molecule has 1 saturated carbocycles. The Balaban J connectivity index is 1.60. The first-order valence-electron chi connectivity index (χ1n) is 7.04. The van der Waals surface area contributed by atoms with Gasteiger partial charge in [0.25, 0.3) is 0 Å². The highest BCUT2D eigenvalue weighted by Gasteiger charge is 2.19. The lowest BCUT2D eigenvalue weighted by Crippen LogP contribution is -2.17. The molecule has 0 aliphatic heterocycles. The van der Waals surface area contributed by atoms with E-state index in [1.807, 2.05) is 0 Å². The lowest BCUT2D eigenvalue weighted by Gasteiger charge is -2.01. The summed E-state index contributed by atoms with van der Waals surface area (Å²) < 4.78 is 1.11. The average molecular weight is 352 g/mol. The first-order chi connectivity index (χ1) is 9.72. The van der Waals surface area contributed by atoms with Crippen LogP contribution in [0.1, 0.15) is 29.8 Å². The fourth-order valence-corrected chi connectivity index (χ4v) is 3.61. The van der Waals surface area contributed by atoms with Crippen molar-refractivity contribution in [3.05, 3.63) is 33.2 Å². The van der Waals surface area contributed by atoms with E-state index in [4.69, 9.17) is 0 Å². The summed E-state index contributed by atoms with van der Waals surface area (Å²) in [5.74, 6) is 0. The smallest absolute Gasteiger partial charge is 0.148 e. The van der Waals surface area contributed by atoms with Crippen LogP contribution in [0.25, 0.3) is 10.6 Å². The van der Waals surface area contributed by atoms with Crippen LogP contribution in [0.5, 0.6) is 0 Å². The molecule has 1 aliphatic rings. The molecule has 2 aromatic rings. The summed E-state index contributed by atoms with van der Waals surface area (Å²) in [6.45, 7) is 3.21. The highest BCUT2D eigenvalue weighted by molar-refractivity contribution is 9.10. The SMILES string of the molecule is Cc1cc(Br)ccc1-c1nnc(CCCNC2CC2)s1. The summed E-state index contributed by atoms with van der Waals surface area (Å²) in [5, 5.41) is 14.4. The zero-order valence-electron chi connectivity index (χ0n) is 11.5. The van der Waals surface area contributed by atoms with Gasteiger partial charge in [-0.2, -0.15) is 0 Å². The van der Waals surface area contributed by atoms with Crippen molar-refractivity contribution in [3.8, 4) is 10.6 Å².